The van der Waals surface area contributed by atoms with Crippen LogP contribution in [0.3, 0.4) is 0 Å². The molecule has 0 aliphatic carbocycles. The zero-order valence-corrected chi connectivity index (χ0v) is 11.8. The summed E-state index contributed by atoms with van der Waals surface area (Å²) in [6.07, 6.45) is 6.39. The first-order valence-corrected chi connectivity index (χ1v) is 6.99. The van der Waals surface area contributed by atoms with Crippen LogP contribution in [0.15, 0.2) is 18.5 Å². The summed E-state index contributed by atoms with van der Waals surface area (Å²) < 4.78 is 0. The topological polar surface area (TPSA) is 42.1 Å². The number of nitrogens with two attached hydrogens (primary N) is 1. The highest BCUT2D eigenvalue weighted by Crippen LogP contribution is 2.31. The van der Waals surface area contributed by atoms with Crippen LogP contribution >= 0.6 is 0 Å². The average molecular weight is 247 g/mol. The molecular weight excluding hydrogens is 222 g/mol. The molecule has 1 fully saturated rings. The molecule has 2 heterocycles. The third-order valence-corrected chi connectivity index (χ3v) is 4.25. The summed E-state index contributed by atoms with van der Waals surface area (Å²) >= 11 is 0. The molecule has 2 N–H and O–H groups in total. The Balaban J connectivity index is 2.21. The van der Waals surface area contributed by atoms with Gasteiger partial charge in [0, 0.05) is 31.0 Å². The SMILES string of the molecule is Cc1ccncc1C(CN)N1CCC(C)CC1C. The van der Waals surface area contributed by atoms with Crippen LogP contribution in [0, 0.1) is 12.8 Å². The van der Waals surface area contributed by atoms with E-state index in [4.69, 9.17) is 5.73 Å². The summed E-state index contributed by atoms with van der Waals surface area (Å²) in [6, 6.07) is 3.01. The summed E-state index contributed by atoms with van der Waals surface area (Å²) in [7, 11) is 0. The first-order valence-electron chi connectivity index (χ1n) is 6.99. The minimum atomic E-state index is 0.321. The Morgan fingerprint density at radius 3 is 2.89 bits per heavy atom. The lowest BCUT2D eigenvalue weighted by Gasteiger charge is -2.41. The largest absolute Gasteiger partial charge is 0.329 e. The molecule has 3 atom stereocenters. The smallest absolute Gasteiger partial charge is 0.0491 e. The lowest BCUT2D eigenvalue weighted by molar-refractivity contribution is 0.0843. The maximum atomic E-state index is 6.03. The van der Waals surface area contributed by atoms with Crippen molar-refractivity contribution in [3.05, 3.63) is 29.6 Å². The summed E-state index contributed by atoms with van der Waals surface area (Å²) in [5.74, 6) is 0.838. The fourth-order valence-electron chi connectivity index (χ4n) is 3.15. The molecule has 0 spiro atoms. The van der Waals surface area contributed by atoms with Crippen LogP contribution in [-0.2, 0) is 0 Å². The highest BCUT2D eigenvalue weighted by atomic mass is 15.2. The predicted molar refractivity (Wildman–Crippen MR) is 75.3 cm³/mol. The third-order valence-electron chi connectivity index (χ3n) is 4.25. The molecule has 100 valence electrons. The van der Waals surface area contributed by atoms with Crippen molar-refractivity contribution in [3.63, 3.8) is 0 Å². The van der Waals surface area contributed by atoms with E-state index in [1.54, 1.807) is 0 Å². The highest BCUT2D eigenvalue weighted by Gasteiger charge is 2.29. The predicted octanol–water partition coefficient (Wildman–Crippen LogP) is 2.51. The van der Waals surface area contributed by atoms with Gasteiger partial charge in [-0.25, -0.2) is 0 Å². The molecule has 0 saturated carbocycles. The van der Waals surface area contributed by atoms with Crippen molar-refractivity contribution in [3.8, 4) is 0 Å². The van der Waals surface area contributed by atoms with Crippen LogP contribution in [0.2, 0.25) is 0 Å². The molecule has 0 radical (unpaired) electrons. The van der Waals surface area contributed by atoms with Crippen LogP contribution < -0.4 is 5.73 Å². The van der Waals surface area contributed by atoms with Gasteiger partial charge in [0.2, 0.25) is 0 Å². The van der Waals surface area contributed by atoms with E-state index in [0.29, 0.717) is 18.6 Å². The van der Waals surface area contributed by atoms with Gasteiger partial charge in [0.15, 0.2) is 0 Å². The van der Waals surface area contributed by atoms with Crippen LogP contribution in [0.4, 0.5) is 0 Å². The maximum absolute atomic E-state index is 6.03. The van der Waals surface area contributed by atoms with E-state index < -0.39 is 0 Å². The second kappa shape index (κ2) is 5.81. The van der Waals surface area contributed by atoms with E-state index in [-0.39, 0.29) is 0 Å². The molecular formula is C15H25N3. The van der Waals surface area contributed by atoms with Crippen molar-refractivity contribution < 1.29 is 0 Å². The Morgan fingerprint density at radius 2 is 2.28 bits per heavy atom. The van der Waals surface area contributed by atoms with Crippen molar-refractivity contribution in [1.82, 2.24) is 9.88 Å². The zero-order chi connectivity index (χ0) is 13.1. The summed E-state index contributed by atoms with van der Waals surface area (Å²) in [5, 5.41) is 0. The van der Waals surface area contributed by atoms with Gasteiger partial charge in [-0.05, 0) is 56.3 Å². The van der Waals surface area contributed by atoms with Crippen LogP contribution in [0.5, 0.6) is 0 Å². The Labute approximate surface area is 110 Å². The molecule has 1 aliphatic heterocycles. The number of piperidine rings is 1. The first-order chi connectivity index (χ1) is 8.63. The number of aromatic nitrogens is 1. The van der Waals surface area contributed by atoms with E-state index >= 15 is 0 Å². The average Bonchev–Trinajstić information content (AvgIpc) is 2.34. The molecule has 1 aromatic heterocycles. The molecule has 0 amide bonds. The quantitative estimate of drug-likeness (QED) is 0.892. The van der Waals surface area contributed by atoms with Crippen molar-refractivity contribution in [2.75, 3.05) is 13.1 Å². The second-order valence-electron chi connectivity index (χ2n) is 5.70. The minimum absolute atomic E-state index is 0.321. The number of rotatable bonds is 3. The zero-order valence-electron chi connectivity index (χ0n) is 11.8. The van der Waals surface area contributed by atoms with Gasteiger partial charge in [0.05, 0.1) is 0 Å². The highest BCUT2D eigenvalue weighted by molar-refractivity contribution is 5.25. The minimum Gasteiger partial charge on any atom is -0.329 e. The van der Waals surface area contributed by atoms with Gasteiger partial charge in [-0.15, -0.1) is 0 Å². The number of hydrogen-bond donors (Lipinski definition) is 1. The van der Waals surface area contributed by atoms with Gasteiger partial charge in [-0.3, -0.25) is 9.88 Å². The fraction of sp³-hybridized carbons (Fsp3) is 0.667. The molecule has 3 unspecified atom stereocenters. The van der Waals surface area contributed by atoms with Gasteiger partial charge in [-0.2, -0.15) is 0 Å². The molecule has 1 aliphatic rings. The Bertz CT molecular complexity index is 391. The molecule has 18 heavy (non-hydrogen) atoms. The lowest BCUT2D eigenvalue weighted by atomic mass is 9.90. The molecule has 1 saturated heterocycles. The lowest BCUT2D eigenvalue weighted by Crippen LogP contribution is -2.45. The molecule has 3 heteroatoms. The van der Waals surface area contributed by atoms with Crippen LogP contribution in [-0.4, -0.2) is 29.0 Å². The number of likely N-dealkylation sites (tertiary alicyclic amines) is 1. The monoisotopic (exact) mass is 247 g/mol. The molecule has 2 rings (SSSR count). The third kappa shape index (κ3) is 2.73. The maximum Gasteiger partial charge on any atom is 0.0491 e. The summed E-state index contributed by atoms with van der Waals surface area (Å²) in [6.45, 7) is 8.64. The van der Waals surface area contributed by atoms with Crippen molar-refractivity contribution in [2.45, 2.75) is 45.7 Å². The van der Waals surface area contributed by atoms with E-state index in [9.17, 15) is 0 Å². The number of nitrogens with zero attached hydrogens (tertiary/aromatic N) is 2. The van der Waals surface area contributed by atoms with Crippen molar-refractivity contribution in [2.24, 2.45) is 11.7 Å². The van der Waals surface area contributed by atoms with E-state index in [1.165, 1.54) is 24.0 Å². The second-order valence-corrected chi connectivity index (χ2v) is 5.70. The van der Waals surface area contributed by atoms with Gasteiger partial charge >= 0.3 is 0 Å². The molecule has 0 bridgehead atoms. The number of pyridine rings is 1. The summed E-state index contributed by atoms with van der Waals surface area (Å²) in [5.41, 5.74) is 8.62. The molecule has 0 aromatic carbocycles. The van der Waals surface area contributed by atoms with Crippen molar-refractivity contribution >= 4 is 0 Å². The van der Waals surface area contributed by atoms with Gasteiger partial charge < -0.3 is 5.73 Å². The van der Waals surface area contributed by atoms with Crippen molar-refractivity contribution in [1.29, 1.82) is 0 Å². The normalized spacial score (nSPS) is 27.1. The molecule has 3 nitrogen and oxygen atoms in total. The standard InChI is InChI=1S/C15H25N3/c1-11-5-7-18(13(3)8-11)15(9-16)14-10-17-6-4-12(14)2/h4,6,10-11,13,15H,5,7-9,16H2,1-3H3. The van der Waals surface area contributed by atoms with E-state index in [0.717, 1.165) is 12.5 Å². The first kappa shape index (κ1) is 13.5. The number of aryl methyl sites for hydroxylation is 1. The number of hydrogen-bond acceptors (Lipinski definition) is 3. The van der Waals surface area contributed by atoms with Crippen LogP contribution in [0.1, 0.15) is 43.9 Å². The van der Waals surface area contributed by atoms with Gasteiger partial charge in [0.25, 0.3) is 0 Å². The van der Waals surface area contributed by atoms with Gasteiger partial charge in [-0.1, -0.05) is 6.92 Å². The summed E-state index contributed by atoms with van der Waals surface area (Å²) in [4.78, 5) is 6.83. The van der Waals surface area contributed by atoms with Gasteiger partial charge in [0.1, 0.15) is 0 Å². The molecule has 1 aromatic rings. The Hall–Kier alpha value is -0.930. The Morgan fingerprint density at radius 1 is 1.50 bits per heavy atom. The van der Waals surface area contributed by atoms with E-state index in [1.807, 2.05) is 12.4 Å². The fourth-order valence-corrected chi connectivity index (χ4v) is 3.15. The van der Waals surface area contributed by atoms with Crippen LogP contribution in [0.25, 0.3) is 0 Å². The van der Waals surface area contributed by atoms with E-state index in [2.05, 4.69) is 36.7 Å². The Kier molecular flexibility index (Phi) is 4.36.